The molecule has 0 aromatic carbocycles. The maximum Gasteiger partial charge on any atom is 0.601 e. The molecule has 1 heterocycles. The van der Waals surface area contributed by atoms with Gasteiger partial charge in [-0.3, -0.25) is 0 Å². The highest BCUT2D eigenvalue weighted by molar-refractivity contribution is 5.56. The van der Waals surface area contributed by atoms with E-state index in [2.05, 4.69) is 0 Å². The van der Waals surface area contributed by atoms with Crippen LogP contribution in [0.3, 0.4) is 0 Å². The van der Waals surface area contributed by atoms with Crippen LogP contribution in [0.4, 0.5) is 4.79 Å². The summed E-state index contributed by atoms with van der Waals surface area (Å²) < 4.78 is 6.43. The predicted molar refractivity (Wildman–Crippen MR) is 48.2 cm³/mol. The number of carbonyl (C=O) groups excluding carboxylic acids is 1. The average molecular weight is 180 g/mol. The van der Waals surface area contributed by atoms with Gasteiger partial charge in [0, 0.05) is 12.1 Å². The molecule has 0 spiro atoms. The number of hydrogen-bond donors (Lipinski definition) is 0. The van der Waals surface area contributed by atoms with Gasteiger partial charge in [0.05, 0.1) is 0 Å². The van der Waals surface area contributed by atoms with E-state index in [-0.39, 0.29) is 6.09 Å². The van der Waals surface area contributed by atoms with E-state index in [4.69, 9.17) is 4.74 Å². The second kappa shape index (κ2) is 4.60. The molecule has 0 atom stereocenters. The molecular weight excluding hydrogens is 166 g/mol. The Hall–Kier alpha value is -1.38. The lowest BCUT2D eigenvalue weighted by Gasteiger charge is -2.01. The molecule has 0 aliphatic carbocycles. The standard InChI is InChI=1S/C10H14NO2/c1-9(2)8-13-10(12)11-6-4-3-5-7-11/h3-7,9H,8H2,1-2H3/q+1. The molecule has 0 aliphatic rings. The smallest absolute Gasteiger partial charge is 0.411 e. The van der Waals surface area contributed by atoms with E-state index in [0.29, 0.717) is 12.5 Å². The zero-order valence-corrected chi connectivity index (χ0v) is 7.93. The maximum absolute atomic E-state index is 11.3. The van der Waals surface area contributed by atoms with Gasteiger partial charge >= 0.3 is 6.09 Å². The lowest BCUT2D eigenvalue weighted by molar-refractivity contribution is -0.586. The van der Waals surface area contributed by atoms with Crippen LogP contribution in [0, 0.1) is 5.92 Å². The molecule has 1 aromatic heterocycles. The average Bonchev–Trinajstić information content (AvgIpc) is 2.15. The molecule has 0 N–H and O–H groups in total. The molecule has 0 amide bonds. The summed E-state index contributed by atoms with van der Waals surface area (Å²) in [5.74, 6) is 0.369. The normalized spacial score (nSPS) is 10.1. The lowest BCUT2D eigenvalue weighted by atomic mass is 10.2. The molecular formula is C10H14NO2+. The first-order valence-electron chi connectivity index (χ1n) is 4.33. The third-order valence-corrected chi connectivity index (χ3v) is 1.47. The largest absolute Gasteiger partial charge is 0.601 e. The van der Waals surface area contributed by atoms with Crippen LogP contribution in [0.15, 0.2) is 30.6 Å². The van der Waals surface area contributed by atoms with Crippen LogP contribution < -0.4 is 4.57 Å². The third-order valence-electron chi connectivity index (χ3n) is 1.47. The summed E-state index contributed by atoms with van der Waals surface area (Å²) in [5.41, 5.74) is 0. The van der Waals surface area contributed by atoms with E-state index in [1.807, 2.05) is 19.9 Å². The van der Waals surface area contributed by atoms with Gasteiger partial charge in [-0.25, -0.2) is 0 Å². The van der Waals surface area contributed by atoms with Crippen LogP contribution in [0.25, 0.3) is 0 Å². The molecule has 0 bridgehead atoms. The van der Waals surface area contributed by atoms with Crippen molar-refractivity contribution in [2.75, 3.05) is 6.61 Å². The third kappa shape index (κ3) is 3.23. The molecule has 0 unspecified atom stereocenters. The second-order valence-electron chi connectivity index (χ2n) is 3.25. The monoisotopic (exact) mass is 180 g/mol. The van der Waals surface area contributed by atoms with Crippen LogP contribution in [0.5, 0.6) is 0 Å². The molecule has 70 valence electrons. The van der Waals surface area contributed by atoms with Crippen molar-refractivity contribution in [1.82, 2.24) is 0 Å². The van der Waals surface area contributed by atoms with Crippen molar-refractivity contribution in [3.8, 4) is 0 Å². The van der Waals surface area contributed by atoms with Crippen molar-refractivity contribution in [2.24, 2.45) is 5.92 Å². The fourth-order valence-electron chi connectivity index (χ4n) is 0.833. The summed E-state index contributed by atoms with van der Waals surface area (Å²) >= 11 is 0. The molecule has 3 nitrogen and oxygen atoms in total. The lowest BCUT2D eigenvalue weighted by Crippen LogP contribution is -2.42. The zero-order chi connectivity index (χ0) is 9.68. The van der Waals surface area contributed by atoms with Crippen molar-refractivity contribution in [2.45, 2.75) is 13.8 Å². The van der Waals surface area contributed by atoms with Gasteiger partial charge in [-0.05, 0) is 5.92 Å². The molecule has 0 radical (unpaired) electrons. The number of aromatic nitrogens is 1. The van der Waals surface area contributed by atoms with Crippen LogP contribution in [0.2, 0.25) is 0 Å². The van der Waals surface area contributed by atoms with E-state index in [1.165, 1.54) is 4.57 Å². The zero-order valence-electron chi connectivity index (χ0n) is 7.93. The Bertz CT molecular complexity index is 270. The predicted octanol–water partition coefficient (Wildman–Crippen LogP) is 1.61. The fraction of sp³-hybridized carbons (Fsp3) is 0.400. The first kappa shape index (κ1) is 9.71. The van der Waals surface area contributed by atoms with Crippen molar-refractivity contribution in [3.63, 3.8) is 0 Å². The topological polar surface area (TPSA) is 30.2 Å². The molecule has 13 heavy (non-hydrogen) atoms. The molecule has 1 rings (SSSR count). The van der Waals surface area contributed by atoms with Gasteiger partial charge < -0.3 is 4.74 Å². The number of ether oxygens (including phenoxy) is 1. The van der Waals surface area contributed by atoms with Crippen molar-refractivity contribution in [1.29, 1.82) is 0 Å². The van der Waals surface area contributed by atoms with Gasteiger partial charge in [-0.2, -0.15) is 4.79 Å². The SMILES string of the molecule is CC(C)COC(=O)[n+]1ccccc1. The number of nitrogens with zero attached hydrogens (tertiary/aromatic N) is 1. The molecule has 0 saturated carbocycles. The van der Waals surface area contributed by atoms with Gasteiger partial charge in [-0.15, -0.1) is 0 Å². The minimum Gasteiger partial charge on any atom is -0.411 e. The van der Waals surface area contributed by atoms with Crippen molar-refractivity contribution < 1.29 is 14.1 Å². The quantitative estimate of drug-likeness (QED) is 0.647. The van der Waals surface area contributed by atoms with Gasteiger partial charge in [0.1, 0.15) is 6.61 Å². The minimum atomic E-state index is -0.325. The number of hydrogen-bond acceptors (Lipinski definition) is 2. The Kier molecular flexibility index (Phi) is 3.43. The van der Waals surface area contributed by atoms with Gasteiger partial charge in [0.2, 0.25) is 0 Å². The van der Waals surface area contributed by atoms with Crippen LogP contribution >= 0.6 is 0 Å². The molecule has 0 saturated heterocycles. The highest BCUT2D eigenvalue weighted by Crippen LogP contribution is 1.92. The highest BCUT2D eigenvalue weighted by atomic mass is 16.5. The number of carbonyl (C=O) groups is 1. The summed E-state index contributed by atoms with van der Waals surface area (Å²) in [5, 5.41) is 0. The van der Waals surface area contributed by atoms with E-state index in [9.17, 15) is 4.79 Å². The Balaban J connectivity index is 2.50. The Morgan fingerprint density at radius 2 is 1.92 bits per heavy atom. The highest BCUT2D eigenvalue weighted by Gasteiger charge is 2.14. The Morgan fingerprint density at radius 1 is 1.31 bits per heavy atom. The van der Waals surface area contributed by atoms with E-state index >= 15 is 0 Å². The van der Waals surface area contributed by atoms with Crippen molar-refractivity contribution in [3.05, 3.63) is 30.6 Å². The summed E-state index contributed by atoms with van der Waals surface area (Å²) in [6.07, 6.45) is 3.01. The summed E-state index contributed by atoms with van der Waals surface area (Å²) in [4.78, 5) is 11.3. The van der Waals surface area contributed by atoms with Crippen LogP contribution in [0.1, 0.15) is 13.8 Å². The summed E-state index contributed by atoms with van der Waals surface area (Å²) in [7, 11) is 0. The number of pyridine rings is 1. The van der Waals surface area contributed by atoms with E-state index in [0.717, 1.165) is 0 Å². The second-order valence-corrected chi connectivity index (χ2v) is 3.25. The van der Waals surface area contributed by atoms with Crippen LogP contribution in [-0.4, -0.2) is 12.7 Å². The number of rotatable bonds is 2. The molecule has 3 heteroatoms. The van der Waals surface area contributed by atoms with Gasteiger partial charge in [-0.1, -0.05) is 24.5 Å². The van der Waals surface area contributed by atoms with Gasteiger partial charge in [0.15, 0.2) is 12.4 Å². The summed E-state index contributed by atoms with van der Waals surface area (Å²) in [6, 6.07) is 5.43. The van der Waals surface area contributed by atoms with Crippen molar-refractivity contribution >= 4 is 6.09 Å². The Labute approximate surface area is 78.0 Å². The van der Waals surface area contributed by atoms with E-state index in [1.54, 1.807) is 24.5 Å². The Morgan fingerprint density at radius 3 is 2.46 bits per heavy atom. The molecule has 0 fully saturated rings. The molecule has 1 aromatic rings. The van der Waals surface area contributed by atoms with Crippen LogP contribution in [-0.2, 0) is 4.74 Å². The summed E-state index contributed by atoms with van der Waals surface area (Å²) in [6.45, 7) is 4.46. The van der Waals surface area contributed by atoms with Gasteiger partial charge in [0.25, 0.3) is 0 Å². The molecule has 0 aliphatic heterocycles. The van der Waals surface area contributed by atoms with E-state index < -0.39 is 0 Å². The first-order valence-corrected chi connectivity index (χ1v) is 4.33. The first-order chi connectivity index (χ1) is 6.20. The minimum absolute atomic E-state index is 0.325. The maximum atomic E-state index is 11.3. The fourth-order valence-corrected chi connectivity index (χ4v) is 0.833.